The molecule has 0 atom stereocenters. The zero-order chi connectivity index (χ0) is 17.8. The van der Waals surface area contributed by atoms with Gasteiger partial charge in [0.05, 0.1) is 5.52 Å². The van der Waals surface area contributed by atoms with Crippen LogP contribution in [0, 0.1) is 12.8 Å². The first-order valence-electron chi connectivity index (χ1n) is 9.54. The van der Waals surface area contributed by atoms with Gasteiger partial charge in [0, 0.05) is 23.1 Å². The number of hydrogen-bond acceptors (Lipinski definition) is 2. The molecule has 1 aromatic heterocycles. The van der Waals surface area contributed by atoms with E-state index in [0.717, 1.165) is 40.6 Å². The van der Waals surface area contributed by atoms with E-state index in [0.29, 0.717) is 12.3 Å². The smallest absolute Gasteiger partial charge is 0.251 e. The summed E-state index contributed by atoms with van der Waals surface area (Å²) in [5.41, 5.74) is 3.35. The second-order valence-electron chi connectivity index (χ2n) is 7.26. The Labute approximate surface area is 149 Å². The van der Waals surface area contributed by atoms with E-state index in [1.807, 2.05) is 32.0 Å². The third-order valence-electron chi connectivity index (χ3n) is 5.54. The Balaban J connectivity index is 1.69. The second kappa shape index (κ2) is 7.85. The van der Waals surface area contributed by atoms with Gasteiger partial charge < -0.3 is 10.3 Å². The van der Waals surface area contributed by atoms with Crippen LogP contribution in [0.4, 0.5) is 5.69 Å². The van der Waals surface area contributed by atoms with Gasteiger partial charge >= 0.3 is 0 Å². The number of anilines is 1. The molecule has 1 aromatic carbocycles. The summed E-state index contributed by atoms with van der Waals surface area (Å²) in [6, 6.07) is 5.77. The number of aromatic amines is 1. The van der Waals surface area contributed by atoms with Crippen molar-refractivity contribution in [2.75, 3.05) is 5.32 Å². The highest BCUT2D eigenvalue weighted by Crippen LogP contribution is 2.27. The molecule has 2 aromatic rings. The maximum atomic E-state index is 12.2. The summed E-state index contributed by atoms with van der Waals surface area (Å²) >= 11 is 0. The van der Waals surface area contributed by atoms with Gasteiger partial charge in [-0.3, -0.25) is 9.59 Å². The molecular formula is C21H28N2O2. The average Bonchev–Trinajstić information content (AvgIpc) is 2.61. The number of aromatic nitrogens is 1. The quantitative estimate of drug-likeness (QED) is 0.829. The van der Waals surface area contributed by atoms with Crippen molar-refractivity contribution in [1.82, 2.24) is 4.98 Å². The largest absolute Gasteiger partial charge is 0.326 e. The van der Waals surface area contributed by atoms with Crippen molar-refractivity contribution in [2.45, 2.75) is 65.2 Å². The molecule has 1 aliphatic rings. The second-order valence-corrected chi connectivity index (χ2v) is 7.26. The van der Waals surface area contributed by atoms with Crippen LogP contribution in [0.1, 0.15) is 63.0 Å². The summed E-state index contributed by atoms with van der Waals surface area (Å²) in [5, 5.41) is 4.02. The van der Waals surface area contributed by atoms with Crippen LogP contribution in [-0.4, -0.2) is 10.9 Å². The molecule has 1 heterocycles. The van der Waals surface area contributed by atoms with E-state index < -0.39 is 0 Å². The van der Waals surface area contributed by atoms with Crippen molar-refractivity contribution in [3.63, 3.8) is 0 Å². The van der Waals surface area contributed by atoms with E-state index in [1.165, 1.54) is 32.1 Å². The summed E-state index contributed by atoms with van der Waals surface area (Å²) in [7, 11) is 0. The fourth-order valence-corrected chi connectivity index (χ4v) is 4.04. The van der Waals surface area contributed by atoms with E-state index in [-0.39, 0.29) is 11.5 Å². The van der Waals surface area contributed by atoms with E-state index in [4.69, 9.17) is 0 Å². The van der Waals surface area contributed by atoms with Gasteiger partial charge in [0.2, 0.25) is 5.91 Å². The third kappa shape index (κ3) is 4.12. The van der Waals surface area contributed by atoms with Crippen LogP contribution >= 0.6 is 0 Å². The predicted molar refractivity (Wildman–Crippen MR) is 103 cm³/mol. The average molecular weight is 340 g/mol. The Morgan fingerprint density at radius 2 is 2.00 bits per heavy atom. The van der Waals surface area contributed by atoms with E-state index >= 15 is 0 Å². The maximum absolute atomic E-state index is 12.2. The monoisotopic (exact) mass is 340 g/mol. The van der Waals surface area contributed by atoms with Crippen LogP contribution < -0.4 is 10.9 Å². The van der Waals surface area contributed by atoms with Gasteiger partial charge in [-0.25, -0.2) is 0 Å². The number of carbonyl (C=O) groups excluding carboxylic acids is 1. The zero-order valence-electron chi connectivity index (χ0n) is 15.3. The molecular weight excluding hydrogens is 312 g/mol. The van der Waals surface area contributed by atoms with Crippen molar-refractivity contribution >= 4 is 22.5 Å². The molecule has 134 valence electrons. The Bertz CT molecular complexity index is 816. The van der Waals surface area contributed by atoms with Crippen molar-refractivity contribution in [1.29, 1.82) is 0 Å². The van der Waals surface area contributed by atoms with Gasteiger partial charge in [-0.2, -0.15) is 0 Å². The lowest BCUT2D eigenvalue weighted by atomic mass is 9.86. The van der Waals surface area contributed by atoms with Crippen LogP contribution in [0.25, 0.3) is 10.9 Å². The number of pyridine rings is 1. The van der Waals surface area contributed by atoms with Gasteiger partial charge in [-0.15, -0.1) is 0 Å². The standard InChI is InChI=1S/C21H28N2O2/c1-3-17-14(2)18-11-10-16(13-19(18)23-21(17)25)22-20(24)12-9-15-7-5-4-6-8-15/h10-11,13,15H,3-9,12H2,1-2H3,(H,22,24)(H,23,25). The van der Waals surface area contributed by atoms with Crippen molar-refractivity contribution in [2.24, 2.45) is 5.92 Å². The molecule has 4 nitrogen and oxygen atoms in total. The van der Waals surface area contributed by atoms with Crippen LogP contribution in [0.5, 0.6) is 0 Å². The highest BCUT2D eigenvalue weighted by Gasteiger charge is 2.15. The number of carbonyl (C=O) groups is 1. The fraction of sp³-hybridized carbons (Fsp3) is 0.524. The predicted octanol–water partition coefficient (Wildman–Crippen LogP) is 4.70. The minimum absolute atomic E-state index is 0.0340. The number of nitrogens with one attached hydrogen (secondary N) is 2. The molecule has 2 N–H and O–H groups in total. The minimum atomic E-state index is -0.0340. The summed E-state index contributed by atoms with van der Waals surface area (Å²) in [6.45, 7) is 3.98. The molecule has 0 saturated heterocycles. The lowest BCUT2D eigenvalue weighted by Crippen LogP contribution is -2.16. The van der Waals surface area contributed by atoms with Crippen LogP contribution in [0.3, 0.4) is 0 Å². The molecule has 25 heavy (non-hydrogen) atoms. The minimum Gasteiger partial charge on any atom is -0.326 e. The first-order valence-corrected chi connectivity index (χ1v) is 9.54. The molecule has 4 heteroatoms. The number of H-pyrrole nitrogens is 1. The first-order chi connectivity index (χ1) is 12.1. The number of fused-ring (bicyclic) bond motifs is 1. The molecule has 0 radical (unpaired) electrons. The zero-order valence-corrected chi connectivity index (χ0v) is 15.3. The number of benzene rings is 1. The molecule has 1 aliphatic carbocycles. The van der Waals surface area contributed by atoms with Crippen LogP contribution in [0.15, 0.2) is 23.0 Å². The molecule has 0 bridgehead atoms. The molecule has 0 unspecified atom stereocenters. The molecule has 1 fully saturated rings. The van der Waals surface area contributed by atoms with Gasteiger partial charge in [0.15, 0.2) is 0 Å². The Morgan fingerprint density at radius 3 is 2.72 bits per heavy atom. The number of rotatable bonds is 5. The lowest BCUT2D eigenvalue weighted by molar-refractivity contribution is -0.116. The third-order valence-corrected chi connectivity index (χ3v) is 5.54. The highest BCUT2D eigenvalue weighted by atomic mass is 16.1. The normalized spacial score (nSPS) is 15.4. The van der Waals surface area contributed by atoms with Crippen molar-refractivity contribution in [3.05, 3.63) is 39.7 Å². The van der Waals surface area contributed by atoms with Gasteiger partial charge in [-0.1, -0.05) is 45.1 Å². The van der Waals surface area contributed by atoms with E-state index in [2.05, 4.69) is 10.3 Å². The Morgan fingerprint density at radius 1 is 1.24 bits per heavy atom. The molecule has 0 spiro atoms. The molecule has 0 aliphatic heterocycles. The lowest BCUT2D eigenvalue weighted by Gasteiger charge is -2.21. The van der Waals surface area contributed by atoms with E-state index in [1.54, 1.807) is 0 Å². The van der Waals surface area contributed by atoms with Crippen molar-refractivity contribution < 1.29 is 4.79 Å². The highest BCUT2D eigenvalue weighted by molar-refractivity contribution is 5.94. The van der Waals surface area contributed by atoms with Gasteiger partial charge in [0.25, 0.3) is 5.56 Å². The number of hydrogen-bond donors (Lipinski definition) is 2. The fourth-order valence-electron chi connectivity index (χ4n) is 4.04. The molecule has 1 amide bonds. The van der Waals surface area contributed by atoms with Gasteiger partial charge in [-0.05, 0) is 43.4 Å². The number of aryl methyl sites for hydroxylation is 1. The summed E-state index contributed by atoms with van der Waals surface area (Å²) in [4.78, 5) is 27.3. The SMILES string of the molecule is CCc1c(C)c2ccc(NC(=O)CCC3CCCCC3)cc2[nH]c1=O. The molecule has 1 saturated carbocycles. The Hall–Kier alpha value is -2.10. The first kappa shape index (κ1) is 17.7. The van der Waals surface area contributed by atoms with Crippen LogP contribution in [0.2, 0.25) is 0 Å². The van der Waals surface area contributed by atoms with Crippen molar-refractivity contribution in [3.8, 4) is 0 Å². The summed E-state index contributed by atoms with van der Waals surface area (Å²) < 4.78 is 0. The topological polar surface area (TPSA) is 62.0 Å². The van der Waals surface area contributed by atoms with Gasteiger partial charge in [0.1, 0.15) is 0 Å². The summed E-state index contributed by atoms with van der Waals surface area (Å²) in [5.74, 6) is 0.775. The van der Waals surface area contributed by atoms with Crippen LogP contribution in [-0.2, 0) is 11.2 Å². The number of amides is 1. The molecule has 3 rings (SSSR count). The maximum Gasteiger partial charge on any atom is 0.251 e. The Kier molecular flexibility index (Phi) is 5.57. The summed E-state index contributed by atoms with van der Waals surface area (Å²) in [6.07, 6.45) is 8.77. The van der Waals surface area contributed by atoms with E-state index in [9.17, 15) is 9.59 Å².